The van der Waals surface area contributed by atoms with E-state index < -0.39 is 61.1 Å². The van der Waals surface area contributed by atoms with Gasteiger partial charge in [-0.1, -0.05) is 18.2 Å². The molecule has 0 radical (unpaired) electrons. The first-order valence-electron chi connectivity index (χ1n) is 11.8. The van der Waals surface area contributed by atoms with Crippen LogP contribution in [0.4, 0.5) is 0 Å². The van der Waals surface area contributed by atoms with Gasteiger partial charge < -0.3 is 54.7 Å². The number of phenolic OH excluding ortho intramolecular Hbond substituents is 2. The molecule has 0 spiro atoms. The van der Waals surface area contributed by atoms with Gasteiger partial charge in [-0.2, -0.15) is 0 Å². The predicted molar refractivity (Wildman–Crippen MR) is 129 cm³/mol. The van der Waals surface area contributed by atoms with Crippen LogP contribution in [0.15, 0.2) is 48.5 Å². The average molecular weight is 535 g/mol. The Hall–Kier alpha value is -3.07. The summed E-state index contributed by atoms with van der Waals surface area (Å²) in [6.45, 7) is 0.520. The molecule has 8 atom stereocenters. The van der Waals surface area contributed by atoms with Crippen LogP contribution in [-0.4, -0.2) is 103 Å². The Morgan fingerprint density at radius 2 is 1.79 bits per heavy atom. The van der Waals surface area contributed by atoms with E-state index in [2.05, 4.69) is 0 Å². The van der Waals surface area contributed by atoms with Crippen LogP contribution >= 0.6 is 0 Å². The average Bonchev–Trinajstić information content (AvgIpc) is 3.14. The normalized spacial score (nSPS) is 33.5. The minimum absolute atomic E-state index is 0.0246. The molecule has 0 saturated carbocycles. The lowest BCUT2D eigenvalue weighted by atomic mass is 9.98. The van der Waals surface area contributed by atoms with Gasteiger partial charge in [0, 0.05) is 6.07 Å². The first kappa shape index (κ1) is 28.0. The van der Waals surface area contributed by atoms with Gasteiger partial charge in [0.05, 0.1) is 18.8 Å². The van der Waals surface area contributed by atoms with Gasteiger partial charge in [0.25, 0.3) is 0 Å². The Morgan fingerprint density at radius 3 is 2.39 bits per heavy atom. The van der Waals surface area contributed by atoms with Gasteiger partial charge in [0.1, 0.15) is 47.3 Å². The van der Waals surface area contributed by atoms with E-state index in [1.54, 1.807) is 24.3 Å². The number of aromatic hydroxyl groups is 2. The highest BCUT2D eigenvalue weighted by Crippen LogP contribution is 2.32. The summed E-state index contributed by atoms with van der Waals surface area (Å²) in [5.74, 6) is -0.737. The van der Waals surface area contributed by atoms with Crippen LogP contribution in [0.25, 0.3) is 6.08 Å². The van der Waals surface area contributed by atoms with Crippen molar-refractivity contribution in [2.45, 2.75) is 55.6 Å². The maximum absolute atomic E-state index is 12.3. The monoisotopic (exact) mass is 534 g/mol. The van der Waals surface area contributed by atoms with Crippen LogP contribution in [0.2, 0.25) is 0 Å². The summed E-state index contributed by atoms with van der Waals surface area (Å²) >= 11 is 0. The zero-order chi connectivity index (χ0) is 27.6. The lowest BCUT2D eigenvalue weighted by molar-refractivity contribution is -0.318. The number of ether oxygens (including phenoxy) is 4. The highest BCUT2D eigenvalue weighted by Gasteiger charge is 2.52. The lowest BCUT2D eigenvalue weighted by Gasteiger charge is -2.42. The fraction of sp³-hybridized carbons (Fsp3) is 0.423. The van der Waals surface area contributed by atoms with E-state index in [4.69, 9.17) is 18.9 Å². The molecule has 0 unspecified atom stereocenters. The van der Waals surface area contributed by atoms with Crippen LogP contribution in [0.5, 0.6) is 17.2 Å². The number of carbonyl (C=O) groups excluding carboxylic acids is 1. The van der Waals surface area contributed by atoms with Crippen molar-refractivity contribution < 1.29 is 59.5 Å². The molecule has 4 rings (SSSR count). The summed E-state index contributed by atoms with van der Waals surface area (Å²) in [7, 11) is 0. The largest absolute Gasteiger partial charge is 0.508 e. The molecule has 2 aliphatic heterocycles. The van der Waals surface area contributed by atoms with E-state index in [1.165, 1.54) is 31.2 Å². The minimum Gasteiger partial charge on any atom is -0.508 e. The topological polar surface area (TPSA) is 196 Å². The molecule has 0 amide bonds. The summed E-state index contributed by atoms with van der Waals surface area (Å²) in [4.78, 5) is 12.3. The summed E-state index contributed by atoms with van der Waals surface area (Å²) in [6, 6.07) is 9.97. The highest BCUT2D eigenvalue weighted by atomic mass is 16.8. The SMILES string of the molecule is C[C@]1(O)CO[C@@H](O[C@H]2[C@H](Oc3ccc(/C=C/C(=O)c4ccc(O)cc4O)cc3)O[C@H](CO)[C@@H](O)[C@@H]2O)[C@@H]1O. The zero-order valence-electron chi connectivity index (χ0n) is 20.3. The van der Waals surface area contributed by atoms with E-state index in [0.29, 0.717) is 5.56 Å². The lowest BCUT2D eigenvalue weighted by Crippen LogP contribution is -2.62. The second-order valence-electron chi connectivity index (χ2n) is 9.37. The van der Waals surface area contributed by atoms with E-state index in [9.17, 15) is 40.5 Å². The third-order valence-corrected chi connectivity index (χ3v) is 6.36. The number of hydrogen-bond donors (Lipinski definition) is 7. The van der Waals surface area contributed by atoms with Crippen molar-refractivity contribution in [3.8, 4) is 17.2 Å². The predicted octanol–water partition coefficient (Wildman–Crippen LogP) is -0.335. The number of ketones is 1. The number of carbonyl (C=O) groups is 1. The maximum Gasteiger partial charge on any atom is 0.229 e. The standard InChI is InChI=1S/C26H30O12/c1-26(34)12-35-25(23(26)33)38-22-21(32)20(31)19(11-27)37-24(22)36-15-6-2-13(3-7-15)4-9-17(29)16-8-5-14(28)10-18(16)30/h2-10,19-25,27-28,30-34H,11-12H2,1H3/b9-4+/t19-,20-,21+,22-,23+,24-,25+,26+/m1/s1. The van der Waals surface area contributed by atoms with Gasteiger partial charge in [0.2, 0.25) is 6.29 Å². The quantitative estimate of drug-likeness (QED) is 0.172. The van der Waals surface area contributed by atoms with E-state index in [-0.39, 0.29) is 29.4 Å². The summed E-state index contributed by atoms with van der Waals surface area (Å²) in [5, 5.41) is 70.1. The number of allylic oxidation sites excluding steroid dienone is 1. The third-order valence-electron chi connectivity index (χ3n) is 6.36. The Bertz CT molecular complexity index is 1150. The van der Waals surface area contributed by atoms with Gasteiger partial charge >= 0.3 is 0 Å². The van der Waals surface area contributed by atoms with Crippen LogP contribution in [0, 0.1) is 0 Å². The Balaban J connectivity index is 1.46. The van der Waals surface area contributed by atoms with Crippen LogP contribution in [0.1, 0.15) is 22.8 Å². The van der Waals surface area contributed by atoms with Crippen molar-refractivity contribution in [3.05, 3.63) is 59.7 Å². The smallest absolute Gasteiger partial charge is 0.229 e. The summed E-state index contributed by atoms with van der Waals surface area (Å²) in [5.41, 5.74) is -0.953. The van der Waals surface area contributed by atoms with Crippen molar-refractivity contribution in [3.63, 3.8) is 0 Å². The number of phenols is 2. The van der Waals surface area contributed by atoms with Crippen molar-refractivity contribution >= 4 is 11.9 Å². The molecule has 2 heterocycles. The Labute approximate surface area is 217 Å². The minimum atomic E-state index is -1.59. The first-order valence-corrected chi connectivity index (χ1v) is 11.8. The molecule has 0 bridgehead atoms. The zero-order valence-corrected chi connectivity index (χ0v) is 20.3. The van der Waals surface area contributed by atoms with Crippen LogP contribution in [-0.2, 0) is 14.2 Å². The van der Waals surface area contributed by atoms with E-state index >= 15 is 0 Å². The molecule has 12 nitrogen and oxygen atoms in total. The molecule has 2 fully saturated rings. The molecule has 38 heavy (non-hydrogen) atoms. The molecular weight excluding hydrogens is 504 g/mol. The molecule has 0 aliphatic carbocycles. The second-order valence-corrected chi connectivity index (χ2v) is 9.37. The van der Waals surface area contributed by atoms with E-state index in [1.807, 2.05) is 0 Å². The maximum atomic E-state index is 12.3. The van der Waals surface area contributed by atoms with Crippen molar-refractivity contribution in [2.24, 2.45) is 0 Å². The van der Waals surface area contributed by atoms with Crippen molar-refractivity contribution in [2.75, 3.05) is 13.2 Å². The highest BCUT2D eigenvalue weighted by molar-refractivity contribution is 6.08. The van der Waals surface area contributed by atoms with Gasteiger partial charge in [-0.25, -0.2) is 0 Å². The fourth-order valence-electron chi connectivity index (χ4n) is 4.07. The van der Waals surface area contributed by atoms with Crippen LogP contribution < -0.4 is 4.74 Å². The number of benzene rings is 2. The molecule has 2 aliphatic rings. The van der Waals surface area contributed by atoms with Gasteiger partial charge in [-0.05, 0) is 42.8 Å². The Kier molecular flexibility index (Phi) is 8.35. The molecule has 2 aromatic carbocycles. The molecule has 12 heteroatoms. The number of aliphatic hydroxyl groups excluding tert-OH is 4. The van der Waals surface area contributed by atoms with Crippen molar-refractivity contribution in [1.29, 1.82) is 0 Å². The van der Waals surface area contributed by atoms with Gasteiger partial charge in [-0.3, -0.25) is 4.79 Å². The molecule has 0 aromatic heterocycles. The number of hydrogen-bond acceptors (Lipinski definition) is 12. The number of rotatable bonds is 8. The summed E-state index contributed by atoms with van der Waals surface area (Å²) < 4.78 is 22.4. The third kappa shape index (κ3) is 5.98. The Morgan fingerprint density at radius 1 is 1.08 bits per heavy atom. The van der Waals surface area contributed by atoms with Crippen LogP contribution in [0.3, 0.4) is 0 Å². The van der Waals surface area contributed by atoms with Gasteiger partial charge in [-0.15, -0.1) is 0 Å². The molecule has 206 valence electrons. The summed E-state index contributed by atoms with van der Waals surface area (Å²) in [6.07, 6.45) is -7.02. The van der Waals surface area contributed by atoms with E-state index in [0.717, 1.165) is 6.07 Å². The molecule has 2 saturated heterocycles. The molecule has 7 N–H and O–H groups in total. The first-order chi connectivity index (χ1) is 18.0. The molecular formula is C26H30O12. The number of aliphatic hydroxyl groups is 5. The van der Waals surface area contributed by atoms with Gasteiger partial charge in [0.15, 0.2) is 18.2 Å². The second kappa shape index (κ2) is 11.4. The molecule has 2 aromatic rings. The van der Waals surface area contributed by atoms with Crippen molar-refractivity contribution in [1.82, 2.24) is 0 Å². The fourth-order valence-corrected chi connectivity index (χ4v) is 4.07.